The third-order valence-electron chi connectivity index (χ3n) is 7.34. The van der Waals surface area contributed by atoms with Gasteiger partial charge < -0.3 is 15.0 Å². The Morgan fingerprint density at radius 2 is 1.64 bits per heavy atom. The van der Waals surface area contributed by atoms with Crippen molar-refractivity contribution >= 4 is 17.7 Å². The number of piperidine rings is 1. The molecule has 0 spiro atoms. The van der Waals surface area contributed by atoms with Gasteiger partial charge in [0.15, 0.2) is 0 Å². The molecule has 0 bridgehead atoms. The summed E-state index contributed by atoms with van der Waals surface area (Å²) in [6.45, 7) is 8.80. The molecule has 2 saturated heterocycles. The van der Waals surface area contributed by atoms with E-state index in [0.717, 1.165) is 50.9 Å². The lowest BCUT2D eigenvalue weighted by molar-refractivity contribution is 0.102. The van der Waals surface area contributed by atoms with Crippen LogP contribution in [-0.4, -0.2) is 80.9 Å². The van der Waals surface area contributed by atoms with Crippen LogP contribution >= 0.6 is 0 Å². The number of pyridine rings is 1. The molecule has 10 heteroatoms. The lowest BCUT2D eigenvalue weighted by atomic mass is 9.99. The molecule has 0 atom stereocenters. The van der Waals surface area contributed by atoms with Gasteiger partial charge in [0.05, 0.1) is 17.6 Å². The SMILES string of the molecule is CC1CCN(Cc2ccc(C(=O)Nc3ccc(OC(=O)N4CCN(Cc5ccncn5)CC4)nc3)cc2)CC1. The molecule has 0 unspecified atom stereocenters. The normalized spacial score (nSPS) is 17.1. The summed E-state index contributed by atoms with van der Waals surface area (Å²) in [7, 11) is 0. The van der Waals surface area contributed by atoms with E-state index in [4.69, 9.17) is 4.74 Å². The van der Waals surface area contributed by atoms with Gasteiger partial charge in [-0.25, -0.2) is 19.7 Å². The van der Waals surface area contributed by atoms with E-state index >= 15 is 0 Å². The van der Waals surface area contributed by atoms with Gasteiger partial charge in [-0.15, -0.1) is 0 Å². The van der Waals surface area contributed by atoms with E-state index in [9.17, 15) is 9.59 Å². The molecule has 3 aromatic rings. The third-order valence-corrected chi connectivity index (χ3v) is 7.34. The maximum Gasteiger partial charge on any atom is 0.416 e. The van der Waals surface area contributed by atoms with Crippen LogP contribution < -0.4 is 10.1 Å². The fraction of sp³-hybridized carbons (Fsp3) is 0.414. The first-order chi connectivity index (χ1) is 19.0. The van der Waals surface area contributed by atoms with Crippen molar-refractivity contribution in [3.05, 3.63) is 78.0 Å². The van der Waals surface area contributed by atoms with E-state index in [1.165, 1.54) is 24.6 Å². The average molecular weight is 530 g/mol. The quantitative estimate of drug-likeness (QED) is 0.495. The average Bonchev–Trinajstić information content (AvgIpc) is 2.96. The maximum atomic E-state index is 12.7. The van der Waals surface area contributed by atoms with Crippen molar-refractivity contribution in [2.45, 2.75) is 32.9 Å². The summed E-state index contributed by atoms with van der Waals surface area (Å²) < 4.78 is 5.45. The Bertz CT molecular complexity index is 1220. The van der Waals surface area contributed by atoms with Gasteiger partial charge in [0.25, 0.3) is 5.91 Å². The van der Waals surface area contributed by atoms with Crippen molar-refractivity contribution in [2.75, 3.05) is 44.6 Å². The van der Waals surface area contributed by atoms with Crippen molar-refractivity contribution in [1.82, 2.24) is 29.7 Å². The number of carbonyl (C=O) groups excluding carboxylic acids is 2. The zero-order chi connectivity index (χ0) is 27.0. The monoisotopic (exact) mass is 529 g/mol. The molecule has 4 heterocycles. The van der Waals surface area contributed by atoms with E-state index in [-0.39, 0.29) is 11.8 Å². The summed E-state index contributed by atoms with van der Waals surface area (Å²) in [5, 5.41) is 2.86. The van der Waals surface area contributed by atoms with Gasteiger partial charge in [-0.2, -0.15) is 0 Å². The second-order valence-corrected chi connectivity index (χ2v) is 10.3. The van der Waals surface area contributed by atoms with Crippen LogP contribution in [0.5, 0.6) is 5.88 Å². The summed E-state index contributed by atoms with van der Waals surface area (Å²) in [5.41, 5.74) is 3.28. The highest BCUT2D eigenvalue weighted by molar-refractivity contribution is 6.04. The van der Waals surface area contributed by atoms with E-state index in [2.05, 4.69) is 37.0 Å². The van der Waals surface area contributed by atoms with Gasteiger partial charge in [-0.3, -0.25) is 14.6 Å². The van der Waals surface area contributed by atoms with Crippen LogP contribution in [0.1, 0.15) is 41.4 Å². The molecule has 5 rings (SSSR count). The molecule has 204 valence electrons. The highest BCUT2D eigenvalue weighted by atomic mass is 16.6. The second kappa shape index (κ2) is 12.8. The number of carbonyl (C=O) groups is 2. The Balaban J connectivity index is 1.06. The molecule has 0 aliphatic carbocycles. The van der Waals surface area contributed by atoms with Crippen LogP contribution in [0.25, 0.3) is 0 Å². The van der Waals surface area contributed by atoms with Crippen LogP contribution in [0.4, 0.5) is 10.5 Å². The van der Waals surface area contributed by atoms with E-state index in [1.807, 2.05) is 30.3 Å². The fourth-order valence-electron chi connectivity index (χ4n) is 4.84. The lowest BCUT2D eigenvalue weighted by Crippen LogP contribution is -2.49. The van der Waals surface area contributed by atoms with Gasteiger partial charge in [0, 0.05) is 57.1 Å². The second-order valence-electron chi connectivity index (χ2n) is 10.3. The highest BCUT2D eigenvalue weighted by Crippen LogP contribution is 2.19. The molecule has 2 amide bonds. The summed E-state index contributed by atoms with van der Waals surface area (Å²) >= 11 is 0. The number of hydrogen-bond donors (Lipinski definition) is 1. The van der Waals surface area contributed by atoms with Crippen LogP contribution in [-0.2, 0) is 13.1 Å². The van der Waals surface area contributed by atoms with Crippen LogP contribution in [0.3, 0.4) is 0 Å². The first kappa shape index (κ1) is 26.7. The molecule has 2 aliphatic rings. The molecule has 10 nitrogen and oxygen atoms in total. The largest absolute Gasteiger partial charge is 0.416 e. The van der Waals surface area contributed by atoms with E-state index in [1.54, 1.807) is 29.6 Å². The molecular weight excluding hydrogens is 494 g/mol. The number of nitrogens with one attached hydrogen (secondary N) is 1. The first-order valence-corrected chi connectivity index (χ1v) is 13.5. The number of rotatable bonds is 7. The topological polar surface area (TPSA) is 104 Å². The number of benzene rings is 1. The predicted molar refractivity (Wildman–Crippen MR) is 147 cm³/mol. The minimum absolute atomic E-state index is 0.192. The highest BCUT2D eigenvalue weighted by Gasteiger charge is 2.23. The predicted octanol–water partition coefficient (Wildman–Crippen LogP) is 3.67. The number of hydrogen-bond acceptors (Lipinski definition) is 8. The molecule has 1 N–H and O–H groups in total. The Morgan fingerprint density at radius 1 is 0.897 bits per heavy atom. The van der Waals surface area contributed by atoms with Gasteiger partial charge in [-0.1, -0.05) is 19.1 Å². The Hall–Kier alpha value is -3.89. The van der Waals surface area contributed by atoms with Crippen molar-refractivity contribution in [1.29, 1.82) is 0 Å². The Kier molecular flexibility index (Phi) is 8.75. The molecular formula is C29H35N7O3. The van der Waals surface area contributed by atoms with Crippen molar-refractivity contribution in [3.63, 3.8) is 0 Å². The number of piperazine rings is 1. The summed E-state index contributed by atoms with van der Waals surface area (Å²) in [5.74, 6) is 0.795. The van der Waals surface area contributed by atoms with Crippen molar-refractivity contribution < 1.29 is 14.3 Å². The number of likely N-dealkylation sites (tertiary alicyclic amines) is 1. The lowest BCUT2D eigenvalue weighted by Gasteiger charge is -2.33. The van der Waals surface area contributed by atoms with Crippen molar-refractivity contribution in [3.8, 4) is 5.88 Å². The molecule has 2 fully saturated rings. The smallest absolute Gasteiger partial charge is 0.391 e. The van der Waals surface area contributed by atoms with Gasteiger partial charge in [-0.05, 0) is 61.7 Å². The summed E-state index contributed by atoms with van der Waals surface area (Å²) in [4.78, 5) is 44.1. The van der Waals surface area contributed by atoms with Gasteiger partial charge in [0.1, 0.15) is 6.33 Å². The third kappa shape index (κ3) is 7.58. The molecule has 0 saturated carbocycles. The van der Waals surface area contributed by atoms with Crippen LogP contribution in [0, 0.1) is 5.92 Å². The number of amides is 2. The first-order valence-electron chi connectivity index (χ1n) is 13.5. The summed E-state index contributed by atoms with van der Waals surface area (Å²) in [6.07, 6.45) is 6.82. The van der Waals surface area contributed by atoms with Crippen LogP contribution in [0.15, 0.2) is 61.2 Å². The fourth-order valence-corrected chi connectivity index (χ4v) is 4.84. The van der Waals surface area contributed by atoms with Gasteiger partial charge >= 0.3 is 6.09 Å². The van der Waals surface area contributed by atoms with Crippen LogP contribution in [0.2, 0.25) is 0 Å². The number of nitrogens with zero attached hydrogens (tertiary/aromatic N) is 6. The summed E-state index contributed by atoms with van der Waals surface area (Å²) in [6, 6.07) is 12.9. The van der Waals surface area contributed by atoms with Crippen molar-refractivity contribution in [2.24, 2.45) is 5.92 Å². The number of aromatic nitrogens is 3. The number of ether oxygens (including phenoxy) is 1. The number of anilines is 1. The zero-order valence-corrected chi connectivity index (χ0v) is 22.3. The Labute approximate surface area is 229 Å². The zero-order valence-electron chi connectivity index (χ0n) is 22.3. The molecule has 39 heavy (non-hydrogen) atoms. The van der Waals surface area contributed by atoms with E-state index in [0.29, 0.717) is 24.3 Å². The standard InChI is InChI=1S/C29H35N7O3/c1-22-9-12-34(13-10-22)19-23-2-4-24(5-3-23)28(37)33-25-6-7-27(31-18-25)39-29(38)36-16-14-35(15-17-36)20-26-8-11-30-21-32-26/h2-8,11,18,21-22H,9-10,12-17,19-20H2,1H3,(H,33,37). The Morgan fingerprint density at radius 3 is 2.31 bits per heavy atom. The maximum absolute atomic E-state index is 12.7. The van der Waals surface area contributed by atoms with E-state index < -0.39 is 6.09 Å². The molecule has 0 radical (unpaired) electrons. The van der Waals surface area contributed by atoms with Gasteiger partial charge in [0.2, 0.25) is 5.88 Å². The minimum atomic E-state index is -0.430. The molecule has 2 aliphatic heterocycles. The molecule has 1 aromatic carbocycles. The molecule has 2 aromatic heterocycles. The minimum Gasteiger partial charge on any atom is -0.391 e.